The number of thioether (sulfide) groups is 1. The van der Waals surface area contributed by atoms with E-state index in [0.717, 1.165) is 6.54 Å². The van der Waals surface area contributed by atoms with Crippen molar-refractivity contribution in [3.8, 4) is 0 Å². The minimum absolute atomic E-state index is 0.458. The van der Waals surface area contributed by atoms with Gasteiger partial charge in [0.25, 0.3) is 0 Å². The van der Waals surface area contributed by atoms with Gasteiger partial charge in [-0.05, 0) is 81.3 Å². The molecular formula is C17H29NS. The van der Waals surface area contributed by atoms with E-state index in [0.29, 0.717) is 6.04 Å². The average Bonchev–Trinajstić information content (AvgIpc) is 2.37. The average molecular weight is 279 g/mol. The van der Waals surface area contributed by atoms with Crippen LogP contribution >= 0.6 is 11.8 Å². The highest BCUT2D eigenvalue weighted by Gasteiger charge is 2.09. The van der Waals surface area contributed by atoms with E-state index in [9.17, 15) is 0 Å². The predicted molar refractivity (Wildman–Crippen MR) is 89.3 cm³/mol. The molecule has 19 heavy (non-hydrogen) atoms. The van der Waals surface area contributed by atoms with E-state index in [1.807, 2.05) is 11.8 Å². The summed E-state index contributed by atoms with van der Waals surface area (Å²) in [5, 5.41) is 3.66. The number of hydrogen-bond acceptors (Lipinski definition) is 2. The van der Waals surface area contributed by atoms with Gasteiger partial charge in [0.1, 0.15) is 0 Å². The molecule has 1 N–H and O–H groups in total. The van der Waals surface area contributed by atoms with Crippen molar-refractivity contribution in [1.82, 2.24) is 5.32 Å². The van der Waals surface area contributed by atoms with Gasteiger partial charge in [0, 0.05) is 6.04 Å². The van der Waals surface area contributed by atoms with Crippen LogP contribution in [0.4, 0.5) is 0 Å². The van der Waals surface area contributed by atoms with Crippen molar-refractivity contribution < 1.29 is 0 Å². The molecule has 0 aromatic heterocycles. The molecule has 0 aliphatic carbocycles. The minimum atomic E-state index is 0.458. The molecule has 1 atom stereocenters. The quantitative estimate of drug-likeness (QED) is 0.686. The Balaban J connectivity index is 2.41. The summed E-state index contributed by atoms with van der Waals surface area (Å²) >= 11 is 1.95. The molecule has 1 unspecified atom stereocenters. The van der Waals surface area contributed by atoms with Crippen LogP contribution in [0.2, 0.25) is 0 Å². The fourth-order valence-electron chi connectivity index (χ4n) is 2.43. The van der Waals surface area contributed by atoms with E-state index in [1.165, 1.54) is 47.3 Å². The number of aryl methyl sites for hydroxylation is 3. The van der Waals surface area contributed by atoms with Gasteiger partial charge in [-0.1, -0.05) is 18.6 Å². The Hall–Kier alpha value is -0.470. The van der Waals surface area contributed by atoms with E-state index in [-0.39, 0.29) is 0 Å². The molecule has 0 radical (unpaired) electrons. The Morgan fingerprint density at radius 1 is 1.00 bits per heavy atom. The van der Waals surface area contributed by atoms with Crippen LogP contribution in [0, 0.1) is 20.8 Å². The molecule has 0 saturated carbocycles. The Labute approximate surface area is 123 Å². The van der Waals surface area contributed by atoms with Crippen molar-refractivity contribution in [2.24, 2.45) is 0 Å². The van der Waals surface area contributed by atoms with E-state index in [1.54, 1.807) is 0 Å². The van der Waals surface area contributed by atoms with E-state index >= 15 is 0 Å². The summed E-state index contributed by atoms with van der Waals surface area (Å²) in [5.41, 5.74) is 5.65. The molecule has 0 fully saturated rings. The molecule has 1 rings (SSSR count). The lowest BCUT2D eigenvalue weighted by molar-refractivity contribution is 0.543. The fourth-order valence-corrected chi connectivity index (χ4v) is 2.92. The summed E-state index contributed by atoms with van der Waals surface area (Å²) in [6, 6.07) is 5.11. The van der Waals surface area contributed by atoms with E-state index < -0.39 is 0 Å². The van der Waals surface area contributed by atoms with Gasteiger partial charge in [-0.25, -0.2) is 0 Å². The fraction of sp³-hybridized carbons (Fsp3) is 0.647. The van der Waals surface area contributed by atoms with Crippen LogP contribution in [0.3, 0.4) is 0 Å². The third-order valence-electron chi connectivity index (χ3n) is 3.82. The summed E-state index contributed by atoms with van der Waals surface area (Å²) in [7, 11) is 0. The van der Waals surface area contributed by atoms with Crippen LogP contribution in [-0.4, -0.2) is 18.6 Å². The third-order valence-corrected chi connectivity index (χ3v) is 4.52. The summed E-state index contributed by atoms with van der Waals surface area (Å²) < 4.78 is 0. The first kappa shape index (κ1) is 16.6. The highest BCUT2D eigenvalue weighted by Crippen LogP contribution is 2.21. The maximum atomic E-state index is 3.66. The lowest BCUT2D eigenvalue weighted by Gasteiger charge is -2.18. The zero-order valence-corrected chi connectivity index (χ0v) is 14.0. The molecule has 1 aromatic rings. The third kappa shape index (κ3) is 5.58. The van der Waals surface area contributed by atoms with Crippen LogP contribution in [0.15, 0.2) is 12.1 Å². The van der Waals surface area contributed by atoms with Crippen LogP contribution in [0.1, 0.15) is 54.5 Å². The minimum Gasteiger partial charge on any atom is -0.310 e. The van der Waals surface area contributed by atoms with Crippen LogP contribution in [-0.2, 0) is 0 Å². The molecule has 1 nitrogen and oxygen atoms in total. The molecule has 0 saturated heterocycles. The van der Waals surface area contributed by atoms with E-state index in [4.69, 9.17) is 0 Å². The van der Waals surface area contributed by atoms with Crippen LogP contribution in [0.5, 0.6) is 0 Å². The molecule has 0 spiro atoms. The first-order valence-electron chi connectivity index (χ1n) is 7.36. The zero-order chi connectivity index (χ0) is 14.3. The topological polar surface area (TPSA) is 12.0 Å². The molecule has 108 valence electrons. The molecule has 0 bridgehead atoms. The summed E-state index contributed by atoms with van der Waals surface area (Å²) in [6.07, 6.45) is 6.16. The molecule has 0 amide bonds. The maximum Gasteiger partial charge on any atom is 0.0294 e. The van der Waals surface area contributed by atoms with Crippen molar-refractivity contribution in [2.75, 3.05) is 18.6 Å². The van der Waals surface area contributed by atoms with Gasteiger partial charge in [0.05, 0.1) is 0 Å². The van der Waals surface area contributed by atoms with Gasteiger partial charge in [0.2, 0.25) is 0 Å². The van der Waals surface area contributed by atoms with Crippen molar-refractivity contribution in [3.05, 3.63) is 34.4 Å². The predicted octanol–water partition coefficient (Wildman–Crippen LogP) is 4.80. The molecule has 2 heteroatoms. The lowest BCUT2D eigenvalue weighted by Crippen LogP contribution is -2.20. The monoisotopic (exact) mass is 279 g/mol. The van der Waals surface area contributed by atoms with Gasteiger partial charge in [0.15, 0.2) is 0 Å². The second-order valence-corrected chi connectivity index (χ2v) is 6.51. The van der Waals surface area contributed by atoms with Crippen molar-refractivity contribution in [2.45, 2.75) is 53.0 Å². The van der Waals surface area contributed by atoms with Gasteiger partial charge in [-0.3, -0.25) is 0 Å². The number of unbranched alkanes of at least 4 members (excludes halogenated alkanes) is 2. The molecular weight excluding hydrogens is 250 g/mol. The van der Waals surface area contributed by atoms with Crippen LogP contribution in [0.25, 0.3) is 0 Å². The zero-order valence-electron chi connectivity index (χ0n) is 13.2. The van der Waals surface area contributed by atoms with Gasteiger partial charge >= 0.3 is 0 Å². The Morgan fingerprint density at radius 3 is 2.37 bits per heavy atom. The smallest absolute Gasteiger partial charge is 0.0294 e. The van der Waals surface area contributed by atoms with Crippen molar-refractivity contribution in [1.29, 1.82) is 0 Å². The number of hydrogen-bond donors (Lipinski definition) is 1. The summed E-state index contributed by atoms with van der Waals surface area (Å²) in [6.45, 7) is 10.0. The highest BCUT2D eigenvalue weighted by molar-refractivity contribution is 7.98. The molecule has 0 aliphatic heterocycles. The summed E-state index contributed by atoms with van der Waals surface area (Å²) in [4.78, 5) is 0. The standard InChI is InChI=1S/C17H29NS/c1-13-11-15(3)17(12-14(13)2)16(4)18-9-7-6-8-10-19-5/h11-12,16,18H,6-10H2,1-5H3. The highest BCUT2D eigenvalue weighted by atomic mass is 32.2. The maximum absolute atomic E-state index is 3.66. The second kappa shape index (κ2) is 8.65. The number of benzene rings is 1. The first-order chi connectivity index (χ1) is 9.06. The van der Waals surface area contributed by atoms with Crippen molar-refractivity contribution >= 4 is 11.8 Å². The largest absolute Gasteiger partial charge is 0.310 e. The number of rotatable bonds is 8. The lowest BCUT2D eigenvalue weighted by atomic mass is 9.96. The Morgan fingerprint density at radius 2 is 1.68 bits per heavy atom. The normalized spacial score (nSPS) is 12.7. The molecule has 0 heterocycles. The SMILES string of the molecule is CSCCCCCNC(C)c1cc(C)c(C)cc1C. The number of nitrogens with one attached hydrogen (secondary N) is 1. The van der Waals surface area contributed by atoms with E-state index in [2.05, 4.69) is 51.4 Å². The molecule has 1 aromatic carbocycles. The van der Waals surface area contributed by atoms with Gasteiger partial charge < -0.3 is 5.32 Å². The second-order valence-electron chi connectivity index (χ2n) is 5.52. The van der Waals surface area contributed by atoms with Gasteiger partial charge in [-0.15, -0.1) is 0 Å². The van der Waals surface area contributed by atoms with Crippen LogP contribution < -0.4 is 5.32 Å². The van der Waals surface area contributed by atoms with Crippen molar-refractivity contribution in [3.63, 3.8) is 0 Å². The Kier molecular flexibility index (Phi) is 7.55. The van der Waals surface area contributed by atoms with Gasteiger partial charge in [-0.2, -0.15) is 11.8 Å². The summed E-state index contributed by atoms with van der Waals surface area (Å²) in [5.74, 6) is 1.30. The first-order valence-corrected chi connectivity index (χ1v) is 8.75. The molecule has 0 aliphatic rings. The Bertz CT molecular complexity index is 387.